The van der Waals surface area contributed by atoms with Crippen molar-refractivity contribution in [2.24, 2.45) is 0 Å². The molecule has 0 fully saturated rings. The molecule has 0 saturated heterocycles. The van der Waals surface area contributed by atoms with Gasteiger partial charge in [0.15, 0.2) is 15.0 Å². The van der Waals surface area contributed by atoms with Crippen molar-refractivity contribution in [2.75, 3.05) is 11.5 Å². The zero-order chi connectivity index (χ0) is 21.1. The molecule has 0 unspecified atom stereocenters. The van der Waals surface area contributed by atoms with Crippen molar-refractivity contribution in [3.05, 3.63) is 65.8 Å². The van der Waals surface area contributed by atoms with E-state index in [0.717, 1.165) is 16.3 Å². The van der Waals surface area contributed by atoms with E-state index < -0.39 is 22.6 Å². The standard InChI is InChI=1S/C19H16ClF3N2O2S2/c20-15-6-8-16(9-7-15)29(26,27)11-10-28-18-24-12-17(14-4-2-1-3-5-14)25(18)13-19(21,22)23/h1-9,12H,10-11,13H2. The number of alkyl halides is 3. The van der Waals surface area contributed by atoms with Crippen LogP contribution in [-0.4, -0.2) is 35.7 Å². The number of aromatic nitrogens is 2. The van der Waals surface area contributed by atoms with Gasteiger partial charge in [0.05, 0.1) is 22.5 Å². The van der Waals surface area contributed by atoms with Crippen LogP contribution in [0.4, 0.5) is 13.2 Å². The number of imidazole rings is 1. The summed E-state index contributed by atoms with van der Waals surface area (Å²) >= 11 is 6.74. The van der Waals surface area contributed by atoms with E-state index in [1.54, 1.807) is 30.3 Å². The predicted octanol–water partition coefficient (Wildman–Crippen LogP) is 5.33. The zero-order valence-electron chi connectivity index (χ0n) is 14.9. The Morgan fingerprint density at radius 2 is 1.69 bits per heavy atom. The molecule has 1 aromatic heterocycles. The Balaban J connectivity index is 1.78. The summed E-state index contributed by atoms with van der Waals surface area (Å²) in [6.07, 6.45) is -3.06. The zero-order valence-corrected chi connectivity index (χ0v) is 17.3. The molecule has 10 heteroatoms. The fourth-order valence-corrected chi connectivity index (χ4v) is 5.40. The van der Waals surface area contributed by atoms with E-state index in [2.05, 4.69) is 4.98 Å². The van der Waals surface area contributed by atoms with Crippen LogP contribution in [0.25, 0.3) is 11.3 Å². The summed E-state index contributed by atoms with van der Waals surface area (Å²) in [5.41, 5.74) is 0.927. The molecule has 0 aliphatic carbocycles. The smallest absolute Gasteiger partial charge is 0.310 e. The van der Waals surface area contributed by atoms with Gasteiger partial charge in [0.25, 0.3) is 0 Å². The van der Waals surface area contributed by atoms with E-state index in [4.69, 9.17) is 11.6 Å². The number of thioether (sulfide) groups is 1. The first-order valence-electron chi connectivity index (χ1n) is 8.44. The maximum absolute atomic E-state index is 13.1. The molecule has 0 atom stereocenters. The van der Waals surface area contributed by atoms with Crippen LogP contribution in [0.5, 0.6) is 0 Å². The van der Waals surface area contributed by atoms with Crippen LogP contribution < -0.4 is 0 Å². The monoisotopic (exact) mass is 460 g/mol. The maximum atomic E-state index is 13.1. The molecule has 0 amide bonds. The van der Waals surface area contributed by atoms with E-state index in [9.17, 15) is 21.6 Å². The van der Waals surface area contributed by atoms with Crippen molar-refractivity contribution in [3.8, 4) is 11.3 Å². The largest absolute Gasteiger partial charge is 0.406 e. The van der Waals surface area contributed by atoms with Crippen molar-refractivity contribution in [1.29, 1.82) is 0 Å². The predicted molar refractivity (Wildman–Crippen MR) is 108 cm³/mol. The maximum Gasteiger partial charge on any atom is 0.406 e. The molecular formula is C19H16ClF3N2O2S2. The molecule has 4 nitrogen and oxygen atoms in total. The highest BCUT2D eigenvalue weighted by atomic mass is 35.5. The summed E-state index contributed by atoms with van der Waals surface area (Å²) in [6.45, 7) is -1.20. The Morgan fingerprint density at radius 1 is 1.03 bits per heavy atom. The molecule has 3 rings (SSSR count). The molecule has 0 aliphatic rings. The van der Waals surface area contributed by atoms with Gasteiger partial charge in [-0.15, -0.1) is 0 Å². The lowest BCUT2D eigenvalue weighted by Gasteiger charge is -2.14. The van der Waals surface area contributed by atoms with Crippen molar-refractivity contribution >= 4 is 33.2 Å². The van der Waals surface area contributed by atoms with Gasteiger partial charge in [-0.2, -0.15) is 13.2 Å². The Hall–Kier alpha value is -1.97. The van der Waals surface area contributed by atoms with E-state index >= 15 is 0 Å². The Kier molecular flexibility index (Phi) is 6.60. The average Bonchev–Trinajstić information content (AvgIpc) is 3.03. The number of sulfone groups is 1. The van der Waals surface area contributed by atoms with Crippen LogP contribution in [0.2, 0.25) is 5.02 Å². The van der Waals surface area contributed by atoms with Crippen molar-refractivity contribution in [1.82, 2.24) is 9.55 Å². The fourth-order valence-electron chi connectivity index (χ4n) is 2.65. The van der Waals surface area contributed by atoms with Crippen LogP contribution in [0.3, 0.4) is 0 Å². The summed E-state index contributed by atoms with van der Waals surface area (Å²) in [5.74, 6) is -0.174. The summed E-state index contributed by atoms with van der Waals surface area (Å²) in [4.78, 5) is 4.21. The van der Waals surface area contributed by atoms with Gasteiger partial charge in [-0.25, -0.2) is 13.4 Å². The molecule has 0 bridgehead atoms. The molecule has 0 radical (unpaired) electrons. The first kappa shape index (κ1) is 21.7. The van der Waals surface area contributed by atoms with Crippen LogP contribution >= 0.6 is 23.4 Å². The minimum absolute atomic E-state index is 0.0636. The number of hydrogen-bond acceptors (Lipinski definition) is 4. The van der Waals surface area contributed by atoms with E-state index in [1.807, 2.05) is 0 Å². The van der Waals surface area contributed by atoms with Gasteiger partial charge in [0, 0.05) is 10.8 Å². The lowest BCUT2D eigenvalue weighted by atomic mass is 10.2. The Bertz CT molecular complexity index is 1070. The van der Waals surface area contributed by atoms with Crippen LogP contribution in [-0.2, 0) is 16.4 Å². The molecule has 0 saturated carbocycles. The lowest BCUT2D eigenvalue weighted by molar-refractivity contribution is -0.141. The van der Waals surface area contributed by atoms with Crippen molar-refractivity contribution < 1.29 is 21.6 Å². The summed E-state index contributed by atoms with van der Waals surface area (Å²) < 4.78 is 65.2. The molecule has 0 spiro atoms. The van der Waals surface area contributed by atoms with Crippen molar-refractivity contribution in [3.63, 3.8) is 0 Å². The number of hydrogen-bond donors (Lipinski definition) is 0. The first-order chi connectivity index (χ1) is 13.7. The average molecular weight is 461 g/mol. The highest BCUT2D eigenvalue weighted by Crippen LogP contribution is 2.30. The topological polar surface area (TPSA) is 52.0 Å². The number of rotatable bonds is 7. The van der Waals surface area contributed by atoms with Crippen LogP contribution in [0.15, 0.2) is 70.8 Å². The second-order valence-electron chi connectivity index (χ2n) is 6.11. The van der Waals surface area contributed by atoms with Gasteiger partial charge in [-0.3, -0.25) is 0 Å². The van der Waals surface area contributed by atoms with Gasteiger partial charge < -0.3 is 4.57 Å². The molecule has 0 N–H and O–H groups in total. The molecule has 2 aromatic carbocycles. The van der Waals surface area contributed by atoms with Crippen LogP contribution in [0.1, 0.15) is 0 Å². The van der Waals surface area contributed by atoms with Gasteiger partial charge in [-0.05, 0) is 29.8 Å². The lowest BCUT2D eigenvalue weighted by Crippen LogP contribution is -2.19. The number of nitrogens with zero attached hydrogens (tertiary/aromatic N) is 2. The first-order valence-corrected chi connectivity index (χ1v) is 11.5. The molecule has 1 heterocycles. The minimum Gasteiger partial charge on any atom is -0.310 e. The Morgan fingerprint density at radius 3 is 2.31 bits per heavy atom. The van der Waals surface area contributed by atoms with Gasteiger partial charge in [-0.1, -0.05) is 53.7 Å². The molecule has 29 heavy (non-hydrogen) atoms. The second-order valence-corrected chi connectivity index (χ2v) is 9.72. The highest BCUT2D eigenvalue weighted by Gasteiger charge is 2.31. The molecule has 0 aliphatic heterocycles. The van der Waals surface area contributed by atoms with Crippen molar-refractivity contribution in [2.45, 2.75) is 22.8 Å². The highest BCUT2D eigenvalue weighted by molar-refractivity contribution is 8.00. The van der Waals surface area contributed by atoms with Gasteiger partial charge >= 0.3 is 6.18 Å². The van der Waals surface area contributed by atoms with Gasteiger partial charge in [0.1, 0.15) is 6.54 Å². The summed E-state index contributed by atoms with van der Waals surface area (Å²) in [5, 5.41) is 0.536. The molecular weight excluding hydrogens is 445 g/mol. The fraction of sp³-hybridized carbons (Fsp3) is 0.211. The third-order valence-corrected chi connectivity index (χ3v) is 7.22. The SMILES string of the molecule is O=S(=O)(CCSc1ncc(-c2ccccc2)n1CC(F)(F)F)c1ccc(Cl)cc1. The molecule has 154 valence electrons. The third kappa shape index (κ3) is 5.77. The van der Waals surface area contributed by atoms with Crippen LogP contribution in [0, 0.1) is 0 Å². The number of benzene rings is 2. The normalized spacial score (nSPS) is 12.3. The summed E-state index contributed by atoms with van der Waals surface area (Å²) in [7, 11) is -3.58. The molecule has 3 aromatic rings. The quantitative estimate of drug-likeness (QED) is 0.447. The van der Waals surface area contributed by atoms with E-state index in [0.29, 0.717) is 16.3 Å². The van der Waals surface area contributed by atoms with Gasteiger partial charge in [0.2, 0.25) is 0 Å². The van der Waals surface area contributed by atoms with E-state index in [-0.39, 0.29) is 21.6 Å². The van der Waals surface area contributed by atoms with E-state index in [1.165, 1.54) is 30.5 Å². The number of halogens is 4. The summed E-state index contributed by atoms with van der Waals surface area (Å²) in [6, 6.07) is 14.4. The third-order valence-electron chi connectivity index (χ3n) is 3.98. The Labute approximate surface area is 175 Å². The second kappa shape index (κ2) is 8.81. The minimum atomic E-state index is -4.44.